The molecular formula is C26H30FN5O. The number of aromatic nitrogens is 2. The van der Waals surface area contributed by atoms with Gasteiger partial charge in [0.25, 0.3) is 0 Å². The molecule has 33 heavy (non-hydrogen) atoms. The Hall–Kier alpha value is -3.48. The van der Waals surface area contributed by atoms with Crippen molar-refractivity contribution in [3.05, 3.63) is 72.8 Å². The summed E-state index contributed by atoms with van der Waals surface area (Å²) < 4.78 is 13.5. The molecular weight excluding hydrogens is 417 g/mol. The fourth-order valence-corrected chi connectivity index (χ4v) is 4.16. The van der Waals surface area contributed by atoms with E-state index in [1.165, 1.54) is 17.8 Å². The number of hydrogen-bond acceptors (Lipinski definition) is 5. The van der Waals surface area contributed by atoms with Crippen LogP contribution in [0.15, 0.2) is 67.0 Å². The van der Waals surface area contributed by atoms with Crippen molar-refractivity contribution < 1.29 is 9.18 Å². The Morgan fingerprint density at radius 2 is 1.91 bits per heavy atom. The lowest BCUT2D eigenvalue weighted by Gasteiger charge is -2.32. The molecule has 1 aliphatic heterocycles. The quantitative estimate of drug-likeness (QED) is 0.526. The minimum Gasteiger partial charge on any atom is -0.375 e. The molecule has 1 saturated heterocycles. The number of halogens is 1. The summed E-state index contributed by atoms with van der Waals surface area (Å²) in [4.78, 5) is 26.0. The zero-order chi connectivity index (χ0) is 23.0. The summed E-state index contributed by atoms with van der Waals surface area (Å²) in [6.07, 6.45) is 6.10. The van der Waals surface area contributed by atoms with Crippen LogP contribution >= 0.6 is 0 Å². The third-order valence-electron chi connectivity index (χ3n) is 6.04. The van der Waals surface area contributed by atoms with Crippen molar-refractivity contribution in [2.75, 3.05) is 43.0 Å². The maximum atomic E-state index is 13.5. The first-order chi connectivity index (χ1) is 16.1. The van der Waals surface area contributed by atoms with Crippen LogP contribution in [0.4, 0.5) is 16.0 Å². The molecule has 6 nitrogen and oxygen atoms in total. The lowest BCUT2D eigenvalue weighted by Crippen LogP contribution is -2.44. The maximum Gasteiger partial charge on any atom is 0.225 e. The highest BCUT2D eigenvalue weighted by Crippen LogP contribution is 2.23. The van der Waals surface area contributed by atoms with E-state index in [0.29, 0.717) is 19.0 Å². The fourth-order valence-electron chi connectivity index (χ4n) is 4.16. The molecule has 2 heterocycles. The standard InChI is InChI=1S/C26H30FN5O/c1-31(24-11-3-2-4-12-24)14-7-13-28-25(33)21-9-6-15-32(19-21)26-29-17-22(18-30-26)20-8-5-10-23(27)16-20/h2-5,8,10-12,16-18,21H,6-7,9,13-15,19H2,1H3,(H,28,33)/t21-/m1/s1. The number of amides is 1. The Morgan fingerprint density at radius 3 is 2.67 bits per heavy atom. The van der Waals surface area contributed by atoms with E-state index in [4.69, 9.17) is 0 Å². The number of nitrogens with zero attached hydrogens (tertiary/aromatic N) is 4. The lowest BCUT2D eigenvalue weighted by atomic mass is 9.97. The zero-order valence-electron chi connectivity index (χ0n) is 19.0. The van der Waals surface area contributed by atoms with Gasteiger partial charge < -0.3 is 15.1 Å². The number of carbonyl (C=O) groups excluding carboxylic acids is 1. The molecule has 1 amide bonds. The van der Waals surface area contributed by atoms with Gasteiger partial charge in [0, 0.05) is 56.9 Å². The highest BCUT2D eigenvalue weighted by atomic mass is 19.1. The molecule has 4 rings (SSSR count). The normalized spacial score (nSPS) is 15.8. The van der Waals surface area contributed by atoms with Gasteiger partial charge in [-0.2, -0.15) is 0 Å². The number of nitrogens with one attached hydrogen (secondary N) is 1. The number of benzene rings is 2. The molecule has 0 unspecified atom stereocenters. The summed E-state index contributed by atoms with van der Waals surface area (Å²) in [7, 11) is 2.07. The van der Waals surface area contributed by atoms with Crippen LogP contribution < -0.4 is 15.1 Å². The number of anilines is 2. The first-order valence-electron chi connectivity index (χ1n) is 11.5. The zero-order valence-corrected chi connectivity index (χ0v) is 19.0. The fraction of sp³-hybridized carbons (Fsp3) is 0.346. The van der Waals surface area contributed by atoms with Gasteiger partial charge >= 0.3 is 0 Å². The van der Waals surface area contributed by atoms with Crippen molar-refractivity contribution in [3.63, 3.8) is 0 Å². The van der Waals surface area contributed by atoms with E-state index >= 15 is 0 Å². The molecule has 0 saturated carbocycles. The smallest absolute Gasteiger partial charge is 0.225 e. The number of rotatable bonds is 8. The van der Waals surface area contributed by atoms with Gasteiger partial charge in [0.15, 0.2) is 0 Å². The predicted octanol–water partition coefficient (Wildman–Crippen LogP) is 4.14. The second-order valence-electron chi connectivity index (χ2n) is 8.47. The van der Waals surface area contributed by atoms with Gasteiger partial charge in [-0.15, -0.1) is 0 Å². The molecule has 1 atom stereocenters. The van der Waals surface area contributed by atoms with Gasteiger partial charge in [-0.05, 0) is 49.1 Å². The third-order valence-corrected chi connectivity index (χ3v) is 6.04. The van der Waals surface area contributed by atoms with Crippen molar-refractivity contribution in [2.24, 2.45) is 5.92 Å². The molecule has 1 N–H and O–H groups in total. The van der Waals surface area contributed by atoms with E-state index in [2.05, 4.69) is 44.3 Å². The first-order valence-corrected chi connectivity index (χ1v) is 11.5. The van der Waals surface area contributed by atoms with E-state index in [0.717, 1.165) is 43.5 Å². The Labute approximate surface area is 194 Å². The average molecular weight is 448 g/mol. The van der Waals surface area contributed by atoms with E-state index < -0.39 is 0 Å². The molecule has 1 fully saturated rings. The predicted molar refractivity (Wildman–Crippen MR) is 130 cm³/mol. The summed E-state index contributed by atoms with van der Waals surface area (Å²) in [5, 5.41) is 3.10. The summed E-state index contributed by atoms with van der Waals surface area (Å²) in [5.41, 5.74) is 2.69. The first kappa shape index (κ1) is 22.7. The molecule has 0 aliphatic carbocycles. The van der Waals surface area contributed by atoms with Crippen LogP contribution in [0.5, 0.6) is 0 Å². The minimum absolute atomic E-state index is 0.0721. The van der Waals surface area contributed by atoms with Crippen molar-refractivity contribution in [1.29, 1.82) is 0 Å². The van der Waals surface area contributed by atoms with E-state index in [-0.39, 0.29) is 17.6 Å². The summed E-state index contributed by atoms with van der Waals surface area (Å²) >= 11 is 0. The van der Waals surface area contributed by atoms with Crippen LogP contribution in [0, 0.1) is 11.7 Å². The van der Waals surface area contributed by atoms with Gasteiger partial charge in [-0.3, -0.25) is 4.79 Å². The molecule has 172 valence electrons. The van der Waals surface area contributed by atoms with Gasteiger partial charge in [0.2, 0.25) is 11.9 Å². The third kappa shape index (κ3) is 6.06. The van der Waals surface area contributed by atoms with E-state index in [1.54, 1.807) is 18.5 Å². The number of carbonyl (C=O) groups is 1. The van der Waals surface area contributed by atoms with Crippen LogP contribution in [0.2, 0.25) is 0 Å². The molecule has 3 aromatic rings. The molecule has 1 aliphatic rings. The van der Waals surface area contributed by atoms with Crippen LogP contribution in [-0.2, 0) is 4.79 Å². The summed E-state index contributed by atoms with van der Waals surface area (Å²) in [5.74, 6) is 0.348. The summed E-state index contributed by atoms with van der Waals surface area (Å²) in [6.45, 7) is 2.97. The highest BCUT2D eigenvalue weighted by Gasteiger charge is 2.27. The van der Waals surface area contributed by atoms with E-state index in [1.807, 2.05) is 24.3 Å². The molecule has 2 aromatic carbocycles. The Balaban J connectivity index is 1.26. The minimum atomic E-state index is -0.284. The van der Waals surface area contributed by atoms with E-state index in [9.17, 15) is 9.18 Å². The van der Waals surface area contributed by atoms with Gasteiger partial charge in [0.05, 0.1) is 5.92 Å². The van der Waals surface area contributed by atoms with Crippen molar-refractivity contribution >= 4 is 17.5 Å². The molecule has 7 heteroatoms. The number of hydrogen-bond donors (Lipinski definition) is 1. The monoisotopic (exact) mass is 447 g/mol. The Bertz CT molecular complexity index is 1040. The van der Waals surface area contributed by atoms with Crippen molar-refractivity contribution in [1.82, 2.24) is 15.3 Å². The average Bonchev–Trinajstić information content (AvgIpc) is 2.87. The SMILES string of the molecule is CN(CCCNC(=O)[C@@H]1CCCN(c2ncc(-c3cccc(F)c3)cn2)C1)c1ccccc1. The maximum absolute atomic E-state index is 13.5. The van der Waals surface area contributed by atoms with Gasteiger partial charge in [0.1, 0.15) is 5.82 Å². The number of piperidine rings is 1. The van der Waals surface area contributed by atoms with Gasteiger partial charge in [-0.1, -0.05) is 30.3 Å². The van der Waals surface area contributed by atoms with Crippen molar-refractivity contribution in [3.8, 4) is 11.1 Å². The van der Waals surface area contributed by atoms with Crippen LogP contribution in [-0.4, -0.2) is 49.1 Å². The Morgan fingerprint density at radius 1 is 1.12 bits per heavy atom. The Kier molecular flexibility index (Phi) is 7.50. The largest absolute Gasteiger partial charge is 0.375 e. The summed E-state index contributed by atoms with van der Waals surface area (Å²) in [6, 6.07) is 16.6. The molecule has 0 bridgehead atoms. The molecule has 1 aromatic heterocycles. The van der Waals surface area contributed by atoms with Crippen LogP contribution in [0.25, 0.3) is 11.1 Å². The van der Waals surface area contributed by atoms with Crippen LogP contribution in [0.3, 0.4) is 0 Å². The lowest BCUT2D eigenvalue weighted by molar-refractivity contribution is -0.125. The van der Waals surface area contributed by atoms with Gasteiger partial charge in [-0.25, -0.2) is 14.4 Å². The van der Waals surface area contributed by atoms with Crippen LogP contribution in [0.1, 0.15) is 19.3 Å². The topological polar surface area (TPSA) is 61.4 Å². The second kappa shape index (κ2) is 10.9. The number of para-hydroxylation sites is 1. The molecule has 0 spiro atoms. The highest BCUT2D eigenvalue weighted by molar-refractivity contribution is 5.79. The second-order valence-corrected chi connectivity index (χ2v) is 8.47. The molecule has 0 radical (unpaired) electrons. The van der Waals surface area contributed by atoms with Crippen molar-refractivity contribution in [2.45, 2.75) is 19.3 Å².